The number of nitrogens with one attached hydrogen (secondary N) is 1. The first kappa shape index (κ1) is 25.6. The molecule has 0 aliphatic rings. The summed E-state index contributed by atoms with van der Waals surface area (Å²) in [6.07, 6.45) is -5.33. The van der Waals surface area contributed by atoms with E-state index in [0.29, 0.717) is 6.07 Å². The predicted octanol–water partition coefficient (Wildman–Crippen LogP) is 3.27. The van der Waals surface area contributed by atoms with E-state index < -0.39 is 54.9 Å². The van der Waals surface area contributed by atoms with Crippen molar-refractivity contribution in [3.8, 4) is 0 Å². The molecule has 0 unspecified atom stereocenters. The fourth-order valence-corrected chi connectivity index (χ4v) is 3.97. The molecule has 0 aliphatic heterocycles. The maximum absolute atomic E-state index is 14.7. The molecule has 2 aromatic rings. The van der Waals surface area contributed by atoms with E-state index in [1.54, 1.807) is 5.32 Å². The van der Waals surface area contributed by atoms with Gasteiger partial charge < -0.3 is 15.3 Å². The van der Waals surface area contributed by atoms with Crippen LogP contribution in [0.5, 0.6) is 0 Å². The van der Waals surface area contributed by atoms with Gasteiger partial charge in [0.25, 0.3) is 11.8 Å². The van der Waals surface area contributed by atoms with E-state index in [0.717, 1.165) is 18.2 Å². The fraction of sp³-hybridized carbons (Fsp3) is 0.263. The molecule has 0 aliphatic carbocycles. The number of carbonyl (C=O) groups excluding carboxylic acids is 2. The van der Waals surface area contributed by atoms with Gasteiger partial charge in [0.15, 0.2) is 5.82 Å². The summed E-state index contributed by atoms with van der Waals surface area (Å²) in [5.41, 5.74) is -4.30. The van der Waals surface area contributed by atoms with Crippen LogP contribution in [-0.4, -0.2) is 56.1 Å². The van der Waals surface area contributed by atoms with Crippen molar-refractivity contribution in [3.63, 3.8) is 0 Å². The molecule has 0 saturated heterocycles. The third kappa shape index (κ3) is 4.71. The third-order valence-corrected chi connectivity index (χ3v) is 6.55. The van der Waals surface area contributed by atoms with Crippen LogP contribution < -0.4 is 5.32 Å². The van der Waals surface area contributed by atoms with Crippen molar-refractivity contribution < 1.29 is 40.7 Å². The Bertz CT molecular complexity index is 1160. The highest BCUT2D eigenvalue weighted by Crippen LogP contribution is 2.35. The number of aliphatic hydroxyl groups is 1. The zero-order chi connectivity index (χ0) is 24.6. The summed E-state index contributed by atoms with van der Waals surface area (Å²) >= 11 is 5.73. The number of alkyl halides is 3. The van der Waals surface area contributed by atoms with Gasteiger partial charge in [-0.3, -0.25) is 9.59 Å². The van der Waals surface area contributed by atoms with Gasteiger partial charge in [0, 0.05) is 19.7 Å². The maximum atomic E-state index is 14.7. The summed E-state index contributed by atoms with van der Waals surface area (Å²) in [6, 6.07) is 6.09. The second-order valence-corrected chi connectivity index (χ2v) is 9.29. The highest BCUT2D eigenvalue weighted by Gasteiger charge is 2.55. The van der Waals surface area contributed by atoms with Gasteiger partial charge in [0.05, 0.1) is 10.6 Å². The minimum absolute atomic E-state index is 0.183. The number of rotatable bonds is 5. The Morgan fingerprint density at radius 2 is 1.59 bits per heavy atom. The van der Waals surface area contributed by atoms with Gasteiger partial charge in [0.1, 0.15) is 9.92 Å². The molecule has 2 aromatic carbocycles. The van der Waals surface area contributed by atoms with Gasteiger partial charge >= 0.3 is 6.18 Å². The van der Waals surface area contributed by atoms with Gasteiger partial charge in [-0.15, -0.1) is 0 Å². The van der Waals surface area contributed by atoms with Crippen molar-refractivity contribution in [1.29, 1.82) is 0 Å². The SMILES string of the molecule is CN(C)C(=O)c1ccc(S(=O)(=O)c2ccc(NC(=O)[C@@](C)(O)C(F)(F)F)c(Cl)c2F)cc1. The second kappa shape index (κ2) is 8.68. The molecule has 1 atom stereocenters. The van der Waals surface area contributed by atoms with Crippen LogP contribution in [0.15, 0.2) is 46.2 Å². The van der Waals surface area contributed by atoms with Gasteiger partial charge in [0.2, 0.25) is 15.4 Å². The molecule has 0 saturated carbocycles. The summed E-state index contributed by atoms with van der Waals surface area (Å²) in [7, 11) is -1.48. The number of amides is 2. The summed E-state index contributed by atoms with van der Waals surface area (Å²) in [5.74, 6) is -3.86. The molecule has 0 aromatic heterocycles. The Kier molecular flexibility index (Phi) is 6.93. The molecule has 7 nitrogen and oxygen atoms in total. The molecular formula is C19H17ClF4N2O5S. The zero-order valence-electron chi connectivity index (χ0n) is 16.8. The molecule has 2 rings (SSSR count). The molecule has 0 fully saturated rings. The van der Waals surface area contributed by atoms with Crippen molar-refractivity contribution in [2.75, 3.05) is 19.4 Å². The molecule has 2 N–H and O–H groups in total. The number of hydrogen-bond acceptors (Lipinski definition) is 5. The summed E-state index contributed by atoms with van der Waals surface area (Å²) in [4.78, 5) is 23.7. The van der Waals surface area contributed by atoms with Crippen molar-refractivity contribution >= 4 is 38.9 Å². The number of halogens is 5. The fourth-order valence-electron chi connectivity index (χ4n) is 2.37. The van der Waals surface area contributed by atoms with Crippen LogP contribution >= 0.6 is 11.6 Å². The largest absolute Gasteiger partial charge is 0.426 e. The Hall–Kier alpha value is -2.70. The number of nitrogens with zero attached hydrogens (tertiary/aromatic N) is 1. The Balaban J connectivity index is 2.41. The number of sulfone groups is 1. The molecule has 2 amide bonds. The van der Waals surface area contributed by atoms with Crippen LogP contribution in [0.4, 0.5) is 23.2 Å². The lowest BCUT2D eigenvalue weighted by Crippen LogP contribution is -2.52. The smallest absolute Gasteiger partial charge is 0.373 e. The topological polar surface area (TPSA) is 104 Å². The standard InChI is InChI=1S/C19H17ClF4N2O5S/c1-18(29,19(22,23)24)17(28)25-12-8-9-13(15(21)14(12)20)32(30,31)11-6-4-10(5-7-11)16(27)26(2)3/h4-9,29H,1-3H3,(H,25,28)/t18-/m1/s1. The van der Waals surface area contributed by atoms with Crippen LogP contribution in [0.1, 0.15) is 17.3 Å². The van der Waals surface area contributed by atoms with Crippen LogP contribution in [0.3, 0.4) is 0 Å². The summed E-state index contributed by atoms with van der Waals surface area (Å²) < 4.78 is 78.6. The first-order chi connectivity index (χ1) is 14.5. The van der Waals surface area contributed by atoms with Crippen molar-refractivity contribution in [3.05, 3.63) is 52.8 Å². The van der Waals surface area contributed by atoms with Gasteiger partial charge in [-0.25, -0.2) is 12.8 Å². The zero-order valence-corrected chi connectivity index (χ0v) is 18.4. The number of benzene rings is 2. The normalized spacial score (nSPS) is 13.9. The molecule has 0 bridgehead atoms. The Morgan fingerprint density at radius 3 is 2.06 bits per heavy atom. The predicted molar refractivity (Wildman–Crippen MR) is 107 cm³/mol. The number of anilines is 1. The average molecular weight is 497 g/mol. The van der Waals surface area contributed by atoms with E-state index in [9.17, 15) is 40.7 Å². The first-order valence-corrected chi connectivity index (χ1v) is 10.5. The monoisotopic (exact) mass is 496 g/mol. The molecule has 13 heteroatoms. The quantitative estimate of drug-likeness (QED) is 0.618. The minimum Gasteiger partial charge on any atom is -0.373 e. The average Bonchev–Trinajstić information content (AvgIpc) is 2.69. The third-order valence-electron chi connectivity index (χ3n) is 4.40. The lowest BCUT2D eigenvalue weighted by Gasteiger charge is -2.25. The Morgan fingerprint density at radius 1 is 1.06 bits per heavy atom. The molecule has 174 valence electrons. The van der Waals surface area contributed by atoms with Gasteiger partial charge in [-0.2, -0.15) is 13.2 Å². The summed E-state index contributed by atoms with van der Waals surface area (Å²) in [5, 5.41) is 10.0. The molecule has 32 heavy (non-hydrogen) atoms. The highest BCUT2D eigenvalue weighted by atomic mass is 35.5. The van der Waals surface area contributed by atoms with E-state index >= 15 is 0 Å². The highest BCUT2D eigenvalue weighted by molar-refractivity contribution is 7.91. The van der Waals surface area contributed by atoms with Gasteiger partial charge in [-0.05, 0) is 43.3 Å². The van der Waals surface area contributed by atoms with E-state index in [1.165, 1.54) is 31.1 Å². The van der Waals surface area contributed by atoms with Crippen molar-refractivity contribution in [1.82, 2.24) is 4.90 Å². The lowest BCUT2D eigenvalue weighted by atomic mass is 10.1. The Labute approximate surface area is 185 Å². The van der Waals surface area contributed by atoms with Gasteiger partial charge in [-0.1, -0.05) is 11.6 Å². The van der Waals surface area contributed by atoms with Crippen molar-refractivity contribution in [2.24, 2.45) is 0 Å². The van der Waals surface area contributed by atoms with Crippen molar-refractivity contribution in [2.45, 2.75) is 28.5 Å². The maximum Gasteiger partial charge on any atom is 0.426 e. The van der Waals surface area contributed by atoms with E-state index in [4.69, 9.17) is 11.6 Å². The molecule has 0 spiro atoms. The molecule has 0 radical (unpaired) electrons. The number of hydrogen-bond donors (Lipinski definition) is 2. The molecular weight excluding hydrogens is 480 g/mol. The first-order valence-electron chi connectivity index (χ1n) is 8.67. The van der Waals surface area contributed by atoms with E-state index in [1.807, 2.05) is 0 Å². The van der Waals surface area contributed by atoms with Crippen LogP contribution in [-0.2, 0) is 14.6 Å². The van der Waals surface area contributed by atoms with E-state index in [2.05, 4.69) is 0 Å². The molecule has 0 heterocycles. The van der Waals surface area contributed by atoms with E-state index in [-0.39, 0.29) is 17.4 Å². The van der Waals surface area contributed by atoms with Crippen LogP contribution in [0.2, 0.25) is 5.02 Å². The minimum atomic E-state index is -5.33. The van der Waals surface area contributed by atoms with Crippen LogP contribution in [0, 0.1) is 5.82 Å². The number of carbonyl (C=O) groups is 2. The van der Waals surface area contributed by atoms with Crippen LogP contribution in [0.25, 0.3) is 0 Å². The summed E-state index contributed by atoms with van der Waals surface area (Å²) in [6.45, 7) is 0.191. The second-order valence-electron chi connectivity index (χ2n) is 6.99. The lowest BCUT2D eigenvalue weighted by molar-refractivity contribution is -0.242.